The SMILES string of the molecule is CN(Cc1ncccn1)c1ccccc1C(N)=NO. The van der Waals surface area contributed by atoms with Crippen molar-refractivity contribution in [2.75, 3.05) is 11.9 Å². The number of anilines is 1. The lowest BCUT2D eigenvalue weighted by atomic mass is 10.1. The maximum Gasteiger partial charge on any atom is 0.172 e. The van der Waals surface area contributed by atoms with Crippen LogP contribution >= 0.6 is 0 Å². The van der Waals surface area contributed by atoms with Crippen molar-refractivity contribution in [2.24, 2.45) is 10.9 Å². The quantitative estimate of drug-likeness (QED) is 0.372. The third-order valence-electron chi connectivity index (χ3n) is 2.70. The molecule has 0 saturated carbocycles. The average molecular weight is 257 g/mol. The normalized spacial score (nSPS) is 11.3. The number of benzene rings is 1. The summed E-state index contributed by atoms with van der Waals surface area (Å²) >= 11 is 0. The predicted octanol–water partition coefficient (Wildman–Crippen LogP) is 1.21. The standard InChI is InChI=1S/C13H15N5O/c1-18(9-12-15-7-4-8-16-12)11-6-3-2-5-10(11)13(14)17-19/h2-8,19H,9H2,1H3,(H2,14,17). The number of amidine groups is 1. The fourth-order valence-corrected chi connectivity index (χ4v) is 1.79. The van der Waals surface area contributed by atoms with E-state index >= 15 is 0 Å². The molecular weight excluding hydrogens is 242 g/mol. The fraction of sp³-hybridized carbons (Fsp3) is 0.154. The molecule has 19 heavy (non-hydrogen) atoms. The van der Waals surface area contributed by atoms with Gasteiger partial charge in [-0.05, 0) is 18.2 Å². The number of para-hydroxylation sites is 1. The van der Waals surface area contributed by atoms with Gasteiger partial charge in [0.1, 0.15) is 5.82 Å². The Kier molecular flexibility index (Phi) is 3.92. The van der Waals surface area contributed by atoms with E-state index in [4.69, 9.17) is 10.9 Å². The highest BCUT2D eigenvalue weighted by Crippen LogP contribution is 2.19. The van der Waals surface area contributed by atoms with Gasteiger partial charge < -0.3 is 15.8 Å². The van der Waals surface area contributed by atoms with Crippen LogP contribution in [-0.2, 0) is 6.54 Å². The maximum absolute atomic E-state index is 8.80. The number of aromatic nitrogens is 2. The summed E-state index contributed by atoms with van der Waals surface area (Å²) in [6.45, 7) is 0.538. The Labute approximate surface area is 111 Å². The summed E-state index contributed by atoms with van der Waals surface area (Å²) in [5, 5.41) is 11.8. The molecule has 0 fully saturated rings. The summed E-state index contributed by atoms with van der Waals surface area (Å²) in [6.07, 6.45) is 3.40. The van der Waals surface area contributed by atoms with Crippen LogP contribution in [0.25, 0.3) is 0 Å². The second kappa shape index (κ2) is 5.81. The number of rotatable bonds is 4. The van der Waals surface area contributed by atoms with E-state index in [2.05, 4.69) is 15.1 Å². The Morgan fingerprint density at radius 1 is 1.26 bits per heavy atom. The van der Waals surface area contributed by atoms with E-state index in [1.807, 2.05) is 30.1 Å². The highest BCUT2D eigenvalue weighted by atomic mass is 16.4. The highest BCUT2D eigenvalue weighted by molar-refractivity contribution is 6.02. The molecule has 6 heteroatoms. The molecule has 2 rings (SSSR count). The lowest BCUT2D eigenvalue weighted by molar-refractivity contribution is 0.318. The smallest absolute Gasteiger partial charge is 0.172 e. The van der Waals surface area contributed by atoms with Gasteiger partial charge in [0.2, 0.25) is 0 Å². The van der Waals surface area contributed by atoms with Crippen LogP contribution < -0.4 is 10.6 Å². The van der Waals surface area contributed by atoms with Crippen LogP contribution in [0.1, 0.15) is 11.4 Å². The van der Waals surface area contributed by atoms with Crippen molar-refractivity contribution in [3.63, 3.8) is 0 Å². The molecule has 0 unspecified atom stereocenters. The summed E-state index contributed by atoms with van der Waals surface area (Å²) in [6, 6.07) is 9.20. The maximum atomic E-state index is 8.80. The van der Waals surface area contributed by atoms with Crippen molar-refractivity contribution in [2.45, 2.75) is 6.54 Å². The molecule has 0 radical (unpaired) electrons. The lowest BCUT2D eigenvalue weighted by Crippen LogP contribution is -2.23. The molecule has 2 aromatic rings. The fourth-order valence-electron chi connectivity index (χ4n) is 1.79. The van der Waals surface area contributed by atoms with Gasteiger partial charge in [-0.25, -0.2) is 9.97 Å². The van der Waals surface area contributed by atoms with Crippen molar-refractivity contribution in [1.82, 2.24) is 9.97 Å². The molecule has 0 spiro atoms. The first-order valence-corrected chi connectivity index (χ1v) is 5.76. The zero-order valence-electron chi connectivity index (χ0n) is 10.6. The second-order valence-corrected chi connectivity index (χ2v) is 4.02. The van der Waals surface area contributed by atoms with E-state index in [1.165, 1.54) is 0 Å². The Morgan fingerprint density at radius 3 is 2.63 bits per heavy atom. The summed E-state index contributed by atoms with van der Waals surface area (Å²) < 4.78 is 0. The Balaban J connectivity index is 2.27. The molecule has 0 aliphatic rings. The van der Waals surface area contributed by atoms with Crippen molar-refractivity contribution in [1.29, 1.82) is 0 Å². The van der Waals surface area contributed by atoms with Gasteiger partial charge in [0.25, 0.3) is 0 Å². The molecule has 0 aliphatic heterocycles. The van der Waals surface area contributed by atoms with E-state index in [1.54, 1.807) is 24.5 Å². The molecule has 1 aromatic carbocycles. The average Bonchev–Trinajstić information content (AvgIpc) is 2.47. The van der Waals surface area contributed by atoms with Gasteiger partial charge in [-0.1, -0.05) is 17.3 Å². The number of oxime groups is 1. The van der Waals surface area contributed by atoms with Crippen LogP contribution in [0.4, 0.5) is 5.69 Å². The largest absolute Gasteiger partial charge is 0.409 e. The zero-order chi connectivity index (χ0) is 13.7. The number of nitrogens with two attached hydrogens (primary N) is 1. The molecule has 0 atom stereocenters. The van der Waals surface area contributed by atoms with Gasteiger partial charge in [-0.2, -0.15) is 0 Å². The Bertz CT molecular complexity index is 570. The first kappa shape index (κ1) is 12.8. The van der Waals surface area contributed by atoms with Crippen LogP contribution in [0.5, 0.6) is 0 Å². The molecule has 1 heterocycles. The van der Waals surface area contributed by atoms with E-state index in [-0.39, 0.29) is 5.84 Å². The Hall–Kier alpha value is -2.63. The molecule has 1 aromatic heterocycles. The highest BCUT2D eigenvalue weighted by Gasteiger charge is 2.11. The monoisotopic (exact) mass is 257 g/mol. The molecule has 3 N–H and O–H groups in total. The van der Waals surface area contributed by atoms with Gasteiger partial charge in [0, 0.05) is 30.7 Å². The van der Waals surface area contributed by atoms with Crippen LogP contribution in [0, 0.1) is 0 Å². The van der Waals surface area contributed by atoms with Crippen molar-refractivity contribution < 1.29 is 5.21 Å². The van der Waals surface area contributed by atoms with Crippen molar-refractivity contribution >= 4 is 11.5 Å². The van der Waals surface area contributed by atoms with E-state index < -0.39 is 0 Å². The van der Waals surface area contributed by atoms with Crippen molar-refractivity contribution in [3.05, 3.63) is 54.1 Å². The molecular formula is C13H15N5O. The third kappa shape index (κ3) is 2.98. The predicted molar refractivity (Wildman–Crippen MR) is 73.1 cm³/mol. The van der Waals surface area contributed by atoms with Crippen LogP contribution in [0.15, 0.2) is 47.9 Å². The van der Waals surface area contributed by atoms with Crippen LogP contribution in [0.2, 0.25) is 0 Å². The van der Waals surface area contributed by atoms with E-state index in [0.717, 1.165) is 5.69 Å². The molecule has 0 saturated heterocycles. The second-order valence-electron chi connectivity index (χ2n) is 4.02. The summed E-state index contributed by atoms with van der Waals surface area (Å²) in [4.78, 5) is 10.3. The van der Waals surface area contributed by atoms with Crippen LogP contribution in [0.3, 0.4) is 0 Å². The molecule has 0 amide bonds. The lowest BCUT2D eigenvalue weighted by Gasteiger charge is -2.21. The molecule has 98 valence electrons. The first-order valence-electron chi connectivity index (χ1n) is 5.76. The number of nitrogens with zero attached hydrogens (tertiary/aromatic N) is 4. The topological polar surface area (TPSA) is 87.6 Å². The van der Waals surface area contributed by atoms with Gasteiger partial charge in [-0.3, -0.25) is 0 Å². The minimum absolute atomic E-state index is 0.0800. The summed E-state index contributed by atoms with van der Waals surface area (Å²) in [7, 11) is 1.90. The van der Waals surface area contributed by atoms with E-state index in [0.29, 0.717) is 17.9 Å². The summed E-state index contributed by atoms with van der Waals surface area (Å²) in [5.41, 5.74) is 7.19. The number of hydrogen-bond acceptors (Lipinski definition) is 5. The zero-order valence-corrected chi connectivity index (χ0v) is 10.6. The van der Waals surface area contributed by atoms with Gasteiger partial charge in [0.15, 0.2) is 5.84 Å². The van der Waals surface area contributed by atoms with E-state index in [9.17, 15) is 0 Å². The molecule has 0 bridgehead atoms. The minimum Gasteiger partial charge on any atom is -0.409 e. The molecule has 6 nitrogen and oxygen atoms in total. The minimum atomic E-state index is 0.0800. The number of hydrogen-bond donors (Lipinski definition) is 2. The van der Waals surface area contributed by atoms with Crippen LogP contribution in [-0.4, -0.2) is 28.1 Å². The van der Waals surface area contributed by atoms with Gasteiger partial charge >= 0.3 is 0 Å². The van der Waals surface area contributed by atoms with Gasteiger partial charge in [-0.15, -0.1) is 0 Å². The Morgan fingerprint density at radius 2 is 1.95 bits per heavy atom. The van der Waals surface area contributed by atoms with Gasteiger partial charge in [0.05, 0.1) is 6.54 Å². The third-order valence-corrected chi connectivity index (χ3v) is 2.70. The molecule has 0 aliphatic carbocycles. The first-order chi connectivity index (χ1) is 9.22. The van der Waals surface area contributed by atoms with Crippen molar-refractivity contribution in [3.8, 4) is 0 Å². The summed E-state index contributed by atoms with van der Waals surface area (Å²) in [5.74, 6) is 0.788.